The fourth-order valence-electron chi connectivity index (χ4n) is 1.15. The molecule has 0 atom stereocenters. The quantitative estimate of drug-likeness (QED) is 0.784. The van der Waals surface area contributed by atoms with Gasteiger partial charge in [0.2, 0.25) is 0 Å². The highest BCUT2D eigenvalue weighted by Gasteiger charge is 1.97. The van der Waals surface area contributed by atoms with Gasteiger partial charge >= 0.3 is 0 Å². The first kappa shape index (κ1) is 10.7. The minimum atomic E-state index is 0.619. The van der Waals surface area contributed by atoms with Crippen LogP contribution in [-0.4, -0.2) is 11.5 Å². The van der Waals surface area contributed by atoms with E-state index in [2.05, 4.69) is 30.2 Å². The fraction of sp³-hybridized carbons (Fsp3) is 0.455. The van der Waals surface area contributed by atoms with Gasteiger partial charge in [-0.1, -0.05) is 13.8 Å². The van der Waals surface area contributed by atoms with E-state index in [-0.39, 0.29) is 0 Å². The van der Waals surface area contributed by atoms with Crippen LogP contribution < -0.4 is 5.32 Å². The van der Waals surface area contributed by atoms with Crippen LogP contribution in [0.4, 0.5) is 0 Å². The molecular formula is C11H15N3. The molecule has 0 bridgehead atoms. The summed E-state index contributed by atoms with van der Waals surface area (Å²) in [4.78, 5) is 3.99. The zero-order chi connectivity index (χ0) is 10.4. The van der Waals surface area contributed by atoms with Gasteiger partial charge < -0.3 is 5.32 Å². The average molecular weight is 189 g/mol. The van der Waals surface area contributed by atoms with Crippen LogP contribution in [0.5, 0.6) is 0 Å². The number of nitriles is 1. The topological polar surface area (TPSA) is 48.7 Å². The first-order chi connectivity index (χ1) is 6.72. The molecular weight excluding hydrogens is 174 g/mol. The van der Waals surface area contributed by atoms with E-state index in [0.29, 0.717) is 11.5 Å². The van der Waals surface area contributed by atoms with Crippen LogP contribution in [-0.2, 0) is 6.54 Å². The summed E-state index contributed by atoms with van der Waals surface area (Å²) in [6.07, 6.45) is 3.36. The Morgan fingerprint density at radius 2 is 2.29 bits per heavy atom. The SMILES string of the molecule is CC(C)CNCc1cncc(C#N)c1. The van der Waals surface area contributed by atoms with Gasteiger partial charge in [-0.3, -0.25) is 4.98 Å². The van der Waals surface area contributed by atoms with E-state index >= 15 is 0 Å². The Balaban J connectivity index is 2.47. The number of pyridine rings is 1. The van der Waals surface area contributed by atoms with Gasteiger partial charge in [-0.15, -0.1) is 0 Å². The molecule has 0 saturated carbocycles. The van der Waals surface area contributed by atoms with Crippen molar-refractivity contribution in [1.29, 1.82) is 5.26 Å². The fourth-order valence-corrected chi connectivity index (χ4v) is 1.15. The molecule has 0 unspecified atom stereocenters. The van der Waals surface area contributed by atoms with Crippen LogP contribution in [0.3, 0.4) is 0 Å². The van der Waals surface area contributed by atoms with Crippen molar-refractivity contribution in [3.05, 3.63) is 29.6 Å². The van der Waals surface area contributed by atoms with Crippen molar-refractivity contribution < 1.29 is 0 Å². The molecule has 0 fully saturated rings. The van der Waals surface area contributed by atoms with Crippen molar-refractivity contribution in [1.82, 2.24) is 10.3 Å². The molecule has 1 heterocycles. The monoisotopic (exact) mass is 189 g/mol. The molecule has 0 aliphatic rings. The van der Waals surface area contributed by atoms with Crippen molar-refractivity contribution in [2.45, 2.75) is 20.4 Å². The van der Waals surface area contributed by atoms with Crippen molar-refractivity contribution in [3.63, 3.8) is 0 Å². The third-order valence-electron chi connectivity index (χ3n) is 1.81. The molecule has 3 nitrogen and oxygen atoms in total. The van der Waals surface area contributed by atoms with E-state index in [1.807, 2.05) is 6.07 Å². The van der Waals surface area contributed by atoms with E-state index in [9.17, 15) is 0 Å². The maximum Gasteiger partial charge on any atom is 0.101 e. The third-order valence-corrected chi connectivity index (χ3v) is 1.81. The van der Waals surface area contributed by atoms with Gasteiger partial charge in [0, 0.05) is 18.9 Å². The summed E-state index contributed by atoms with van der Waals surface area (Å²) in [7, 11) is 0. The maximum atomic E-state index is 8.67. The highest BCUT2D eigenvalue weighted by molar-refractivity contribution is 5.28. The van der Waals surface area contributed by atoms with Crippen molar-refractivity contribution >= 4 is 0 Å². The second-order valence-electron chi connectivity index (χ2n) is 3.72. The zero-order valence-corrected chi connectivity index (χ0v) is 8.62. The van der Waals surface area contributed by atoms with Gasteiger partial charge in [0.25, 0.3) is 0 Å². The van der Waals surface area contributed by atoms with Crippen LogP contribution >= 0.6 is 0 Å². The van der Waals surface area contributed by atoms with Crippen LogP contribution in [0.1, 0.15) is 25.0 Å². The standard InChI is InChI=1S/C11H15N3/c1-9(2)5-13-7-11-3-10(4-12)6-14-8-11/h3,6,8-9,13H,5,7H2,1-2H3. The lowest BCUT2D eigenvalue weighted by molar-refractivity contribution is 0.552. The number of nitrogens with zero attached hydrogens (tertiary/aromatic N) is 2. The van der Waals surface area contributed by atoms with Gasteiger partial charge in [0.05, 0.1) is 5.56 Å². The van der Waals surface area contributed by atoms with E-state index in [4.69, 9.17) is 5.26 Å². The second-order valence-corrected chi connectivity index (χ2v) is 3.72. The number of hydrogen-bond acceptors (Lipinski definition) is 3. The first-order valence-electron chi connectivity index (χ1n) is 4.77. The van der Waals surface area contributed by atoms with Gasteiger partial charge in [0.15, 0.2) is 0 Å². The summed E-state index contributed by atoms with van der Waals surface area (Å²) in [5.41, 5.74) is 1.68. The van der Waals surface area contributed by atoms with Crippen molar-refractivity contribution in [3.8, 4) is 6.07 Å². The van der Waals surface area contributed by atoms with E-state index < -0.39 is 0 Å². The highest BCUT2D eigenvalue weighted by atomic mass is 14.9. The number of rotatable bonds is 4. The van der Waals surface area contributed by atoms with Gasteiger partial charge in [-0.2, -0.15) is 5.26 Å². The Labute approximate surface area is 84.8 Å². The number of hydrogen-bond donors (Lipinski definition) is 1. The Morgan fingerprint density at radius 1 is 1.50 bits per heavy atom. The summed E-state index contributed by atoms with van der Waals surface area (Å²) < 4.78 is 0. The van der Waals surface area contributed by atoms with Crippen LogP contribution in [0, 0.1) is 17.2 Å². The minimum absolute atomic E-state index is 0.619. The summed E-state index contributed by atoms with van der Waals surface area (Å²) in [6.45, 7) is 6.09. The lowest BCUT2D eigenvalue weighted by atomic mass is 10.2. The van der Waals surface area contributed by atoms with E-state index in [0.717, 1.165) is 18.7 Å². The molecule has 0 spiro atoms. The summed E-state index contributed by atoms with van der Waals surface area (Å²) >= 11 is 0. The third kappa shape index (κ3) is 3.55. The molecule has 0 aliphatic carbocycles. The van der Waals surface area contributed by atoms with Gasteiger partial charge in [0.1, 0.15) is 6.07 Å². The van der Waals surface area contributed by atoms with Crippen LogP contribution in [0.15, 0.2) is 18.5 Å². The van der Waals surface area contributed by atoms with Gasteiger partial charge in [-0.25, -0.2) is 0 Å². The lowest BCUT2D eigenvalue weighted by Gasteiger charge is -2.06. The molecule has 0 saturated heterocycles. The predicted octanol–water partition coefficient (Wildman–Crippen LogP) is 1.70. The molecule has 1 aromatic rings. The average Bonchev–Trinajstić information content (AvgIpc) is 2.18. The molecule has 74 valence electrons. The molecule has 0 aliphatic heterocycles. The minimum Gasteiger partial charge on any atom is -0.312 e. The van der Waals surface area contributed by atoms with Crippen LogP contribution in [0.25, 0.3) is 0 Å². The lowest BCUT2D eigenvalue weighted by Crippen LogP contribution is -2.19. The first-order valence-corrected chi connectivity index (χ1v) is 4.77. The Hall–Kier alpha value is -1.40. The summed E-state index contributed by atoms with van der Waals surface area (Å²) in [5, 5.41) is 12.0. The number of aromatic nitrogens is 1. The van der Waals surface area contributed by atoms with Crippen molar-refractivity contribution in [2.24, 2.45) is 5.92 Å². The molecule has 0 radical (unpaired) electrons. The Morgan fingerprint density at radius 3 is 2.93 bits per heavy atom. The molecule has 14 heavy (non-hydrogen) atoms. The van der Waals surface area contributed by atoms with E-state index in [1.165, 1.54) is 0 Å². The molecule has 1 rings (SSSR count). The smallest absolute Gasteiger partial charge is 0.101 e. The Bertz CT molecular complexity index is 326. The van der Waals surface area contributed by atoms with Gasteiger partial charge in [-0.05, 0) is 24.1 Å². The van der Waals surface area contributed by atoms with E-state index in [1.54, 1.807) is 12.4 Å². The molecule has 1 N–H and O–H groups in total. The number of nitrogens with one attached hydrogen (secondary N) is 1. The Kier molecular flexibility index (Phi) is 4.09. The zero-order valence-electron chi connectivity index (χ0n) is 8.62. The molecule has 1 aromatic heterocycles. The normalized spacial score (nSPS) is 10.1. The summed E-state index contributed by atoms with van der Waals surface area (Å²) in [5.74, 6) is 0.641. The van der Waals surface area contributed by atoms with Crippen LogP contribution in [0.2, 0.25) is 0 Å². The summed E-state index contributed by atoms with van der Waals surface area (Å²) in [6, 6.07) is 3.94. The maximum absolute atomic E-state index is 8.67. The predicted molar refractivity (Wildman–Crippen MR) is 55.5 cm³/mol. The second kappa shape index (κ2) is 5.36. The largest absolute Gasteiger partial charge is 0.312 e. The highest BCUT2D eigenvalue weighted by Crippen LogP contribution is 2.01. The molecule has 0 aromatic carbocycles. The molecule has 3 heteroatoms. The van der Waals surface area contributed by atoms with Crippen molar-refractivity contribution in [2.75, 3.05) is 6.54 Å². The molecule has 0 amide bonds.